The lowest BCUT2D eigenvalue weighted by atomic mass is 10.1. The first kappa shape index (κ1) is 11.9. The summed E-state index contributed by atoms with van der Waals surface area (Å²) >= 11 is 0. The Kier molecular flexibility index (Phi) is 5.03. The van der Waals surface area contributed by atoms with Crippen molar-refractivity contribution in [3.8, 4) is 0 Å². The highest BCUT2D eigenvalue weighted by Gasteiger charge is 2.10. The number of aliphatic carboxylic acids is 1. The molecular formula is C8H11ClN2O2. The Morgan fingerprint density at radius 2 is 2.31 bits per heavy atom. The van der Waals surface area contributed by atoms with E-state index in [2.05, 4.69) is 4.98 Å². The van der Waals surface area contributed by atoms with Crippen molar-refractivity contribution in [1.82, 2.24) is 4.98 Å². The molecule has 0 aliphatic rings. The van der Waals surface area contributed by atoms with E-state index in [4.69, 9.17) is 10.8 Å². The van der Waals surface area contributed by atoms with Crippen LogP contribution in [0.25, 0.3) is 0 Å². The Morgan fingerprint density at radius 3 is 2.77 bits per heavy atom. The largest absolute Gasteiger partial charge is 0.481 e. The van der Waals surface area contributed by atoms with E-state index in [0.717, 1.165) is 0 Å². The maximum atomic E-state index is 10.3. The van der Waals surface area contributed by atoms with E-state index in [-0.39, 0.29) is 18.8 Å². The third kappa shape index (κ3) is 3.87. The van der Waals surface area contributed by atoms with Gasteiger partial charge in [0.05, 0.1) is 18.2 Å². The van der Waals surface area contributed by atoms with Crippen LogP contribution in [0.2, 0.25) is 0 Å². The predicted octanol–water partition coefficient (Wildman–Crippen LogP) is 0.978. The van der Waals surface area contributed by atoms with Crippen LogP contribution in [-0.2, 0) is 4.79 Å². The summed E-state index contributed by atoms with van der Waals surface area (Å²) in [6.45, 7) is 0. The topological polar surface area (TPSA) is 76.2 Å². The molecule has 1 unspecified atom stereocenters. The minimum absolute atomic E-state index is 0. The average Bonchev–Trinajstić information content (AvgIpc) is 2.05. The Labute approximate surface area is 82.2 Å². The molecule has 0 aliphatic heterocycles. The minimum Gasteiger partial charge on any atom is -0.481 e. The van der Waals surface area contributed by atoms with Gasteiger partial charge in [0.15, 0.2) is 0 Å². The fraction of sp³-hybridized carbons (Fsp3) is 0.250. The van der Waals surface area contributed by atoms with Crippen molar-refractivity contribution in [3.05, 3.63) is 30.1 Å². The molecule has 0 amide bonds. The quantitative estimate of drug-likeness (QED) is 0.766. The molecule has 0 fully saturated rings. The summed E-state index contributed by atoms with van der Waals surface area (Å²) in [5.74, 6) is -0.909. The van der Waals surface area contributed by atoms with Crippen LogP contribution >= 0.6 is 12.4 Å². The summed E-state index contributed by atoms with van der Waals surface area (Å²) in [5.41, 5.74) is 6.16. The molecule has 0 aliphatic carbocycles. The van der Waals surface area contributed by atoms with Crippen LogP contribution in [-0.4, -0.2) is 16.1 Å². The highest BCUT2D eigenvalue weighted by molar-refractivity contribution is 5.85. The predicted molar refractivity (Wildman–Crippen MR) is 50.7 cm³/mol. The van der Waals surface area contributed by atoms with Crippen molar-refractivity contribution in [3.63, 3.8) is 0 Å². The zero-order valence-electron chi connectivity index (χ0n) is 6.88. The average molecular weight is 203 g/mol. The second kappa shape index (κ2) is 5.50. The van der Waals surface area contributed by atoms with Crippen molar-refractivity contribution in [2.75, 3.05) is 0 Å². The van der Waals surface area contributed by atoms with E-state index in [1.807, 2.05) is 0 Å². The number of hydrogen-bond donors (Lipinski definition) is 2. The summed E-state index contributed by atoms with van der Waals surface area (Å²) in [7, 11) is 0. The van der Waals surface area contributed by atoms with Gasteiger partial charge in [-0.15, -0.1) is 12.4 Å². The summed E-state index contributed by atoms with van der Waals surface area (Å²) in [6.07, 6.45) is 1.51. The molecule has 1 aromatic rings. The number of nitrogens with two attached hydrogens (primary N) is 1. The summed E-state index contributed by atoms with van der Waals surface area (Å²) in [5, 5.41) is 8.44. The lowest BCUT2D eigenvalue weighted by molar-refractivity contribution is -0.137. The SMILES string of the molecule is Cl.NC(CC(=O)O)c1ccccn1. The molecule has 0 saturated carbocycles. The Balaban J connectivity index is 0.00000144. The number of carboxylic acid groups (broad SMARTS) is 1. The van der Waals surface area contributed by atoms with Gasteiger partial charge >= 0.3 is 5.97 Å². The fourth-order valence-electron chi connectivity index (χ4n) is 0.888. The lowest BCUT2D eigenvalue weighted by Crippen LogP contribution is -2.15. The number of aromatic nitrogens is 1. The highest BCUT2D eigenvalue weighted by atomic mass is 35.5. The van der Waals surface area contributed by atoms with Crippen molar-refractivity contribution >= 4 is 18.4 Å². The summed E-state index contributed by atoms with van der Waals surface area (Å²) in [6, 6.07) is 4.75. The van der Waals surface area contributed by atoms with Gasteiger partial charge in [0.1, 0.15) is 0 Å². The van der Waals surface area contributed by atoms with Crippen LogP contribution in [0.1, 0.15) is 18.2 Å². The first-order valence-electron chi connectivity index (χ1n) is 3.58. The molecule has 0 spiro atoms. The Hall–Kier alpha value is -1.13. The van der Waals surface area contributed by atoms with Gasteiger partial charge in [-0.1, -0.05) is 6.07 Å². The van der Waals surface area contributed by atoms with E-state index in [0.29, 0.717) is 5.69 Å². The maximum Gasteiger partial charge on any atom is 0.305 e. The van der Waals surface area contributed by atoms with E-state index >= 15 is 0 Å². The first-order chi connectivity index (χ1) is 5.70. The molecule has 72 valence electrons. The third-order valence-corrected chi connectivity index (χ3v) is 1.46. The summed E-state index contributed by atoms with van der Waals surface area (Å²) < 4.78 is 0. The molecule has 1 heterocycles. The van der Waals surface area contributed by atoms with Gasteiger partial charge in [0.25, 0.3) is 0 Å². The Bertz CT molecular complexity index is 266. The van der Waals surface area contributed by atoms with Crippen LogP contribution in [0.5, 0.6) is 0 Å². The second-order valence-corrected chi connectivity index (χ2v) is 2.46. The first-order valence-corrected chi connectivity index (χ1v) is 3.58. The molecule has 0 bridgehead atoms. The van der Waals surface area contributed by atoms with Crippen molar-refractivity contribution in [2.24, 2.45) is 5.73 Å². The van der Waals surface area contributed by atoms with Crippen molar-refractivity contribution < 1.29 is 9.90 Å². The van der Waals surface area contributed by atoms with Crippen LogP contribution < -0.4 is 5.73 Å². The van der Waals surface area contributed by atoms with Gasteiger partial charge in [-0.2, -0.15) is 0 Å². The van der Waals surface area contributed by atoms with E-state index in [1.165, 1.54) is 0 Å². The van der Waals surface area contributed by atoms with Crippen molar-refractivity contribution in [2.45, 2.75) is 12.5 Å². The Morgan fingerprint density at radius 1 is 1.62 bits per heavy atom. The van der Waals surface area contributed by atoms with Gasteiger partial charge in [-0.05, 0) is 12.1 Å². The van der Waals surface area contributed by atoms with E-state index in [9.17, 15) is 4.79 Å². The van der Waals surface area contributed by atoms with Gasteiger partial charge in [-0.25, -0.2) is 0 Å². The molecule has 1 atom stereocenters. The standard InChI is InChI=1S/C8H10N2O2.ClH/c9-6(5-8(11)12)7-3-1-2-4-10-7;/h1-4,6H,5,9H2,(H,11,12);1H. The van der Waals surface area contributed by atoms with Crippen LogP contribution in [0.4, 0.5) is 0 Å². The zero-order valence-corrected chi connectivity index (χ0v) is 7.70. The number of nitrogens with zero attached hydrogens (tertiary/aromatic N) is 1. The molecule has 13 heavy (non-hydrogen) atoms. The van der Waals surface area contributed by atoms with Crippen molar-refractivity contribution in [1.29, 1.82) is 0 Å². The lowest BCUT2D eigenvalue weighted by Gasteiger charge is -2.06. The second-order valence-electron chi connectivity index (χ2n) is 2.46. The number of rotatable bonds is 3. The van der Waals surface area contributed by atoms with Crippen LogP contribution in [0.3, 0.4) is 0 Å². The molecule has 1 rings (SSSR count). The van der Waals surface area contributed by atoms with Gasteiger partial charge < -0.3 is 10.8 Å². The van der Waals surface area contributed by atoms with Gasteiger partial charge in [0.2, 0.25) is 0 Å². The molecule has 0 saturated heterocycles. The van der Waals surface area contributed by atoms with E-state index in [1.54, 1.807) is 24.4 Å². The minimum atomic E-state index is -0.909. The van der Waals surface area contributed by atoms with E-state index < -0.39 is 12.0 Å². The van der Waals surface area contributed by atoms with Gasteiger partial charge in [0, 0.05) is 6.20 Å². The molecule has 0 aromatic carbocycles. The van der Waals surface area contributed by atoms with Crippen LogP contribution in [0, 0.1) is 0 Å². The molecular weight excluding hydrogens is 192 g/mol. The normalized spacial score (nSPS) is 11.5. The molecule has 0 radical (unpaired) electrons. The number of halogens is 1. The molecule has 3 N–H and O–H groups in total. The fourth-order valence-corrected chi connectivity index (χ4v) is 0.888. The zero-order chi connectivity index (χ0) is 8.97. The number of pyridine rings is 1. The number of carbonyl (C=O) groups is 1. The number of hydrogen-bond acceptors (Lipinski definition) is 3. The molecule has 1 aromatic heterocycles. The smallest absolute Gasteiger partial charge is 0.305 e. The molecule has 4 nitrogen and oxygen atoms in total. The summed E-state index contributed by atoms with van der Waals surface area (Å²) in [4.78, 5) is 14.2. The third-order valence-electron chi connectivity index (χ3n) is 1.46. The molecule has 5 heteroatoms. The number of carboxylic acids is 1. The van der Waals surface area contributed by atoms with Crippen LogP contribution in [0.15, 0.2) is 24.4 Å². The monoisotopic (exact) mass is 202 g/mol. The van der Waals surface area contributed by atoms with Gasteiger partial charge in [-0.3, -0.25) is 9.78 Å². The maximum absolute atomic E-state index is 10.3. The highest BCUT2D eigenvalue weighted by Crippen LogP contribution is 2.09.